The highest BCUT2D eigenvalue weighted by molar-refractivity contribution is 5.71. The second kappa shape index (κ2) is 70.6. The highest BCUT2D eigenvalue weighted by atomic mass is 16.6. The molecule has 0 N–H and O–H groups in total. The molecule has 0 aromatic carbocycles. The van der Waals surface area contributed by atoms with Crippen molar-refractivity contribution in [3.63, 3.8) is 0 Å². The van der Waals surface area contributed by atoms with Crippen molar-refractivity contribution in [3.8, 4) is 0 Å². The molecule has 6 nitrogen and oxygen atoms in total. The van der Waals surface area contributed by atoms with Crippen molar-refractivity contribution in [1.29, 1.82) is 0 Å². The number of esters is 3. The van der Waals surface area contributed by atoms with Crippen LogP contribution in [0.4, 0.5) is 0 Å². The van der Waals surface area contributed by atoms with Gasteiger partial charge in [0.1, 0.15) is 13.2 Å². The van der Waals surface area contributed by atoms with Crippen LogP contribution in [0.3, 0.4) is 0 Å². The molecule has 0 spiro atoms. The molecule has 1 unspecified atom stereocenters. The molecule has 0 aromatic heterocycles. The smallest absolute Gasteiger partial charge is 0.306 e. The second-order valence-electron chi connectivity index (χ2n) is 23.4. The van der Waals surface area contributed by atoms with Gasteiger partial charge in [-0.1, -0.05) is 310 Å². The number of hydrogen-bond donors (Lipinski definition) is 0. The van der Waals surface area contributed by atoms with Gasteiger partial charge in [0.2, 0.25) is 0 Å². The van der Waals surface area contributed by atoms with Gasteiger partial charge in [0.15, 0.2) is 6.10 Å². The molecule has 0 saturated heterocycles. The molecule has 0 bridgehead atoms. The zero-order chi connectivity index (χ0) is 59.9. The number of hydrogen-bond acceptors (Lipinski definition) is 6. The van der Waals surface area contributed by atoms with Gasteiger partial charge in [-0.3, -0.25) is 14.4 Å². The van der Waals surface area contributed by atoms with E-state index in [4.69, 9.17) is 14.2 Å². The molecule has 0 radical (unpaired) electrons. The topological polar surface area (TPSA) is 78.9 Å². The minimum absolute atomic E-state index is 0.100. The lowest BCUT2D eigenvalue weighted by Crippen LogP contribution is -2.30. The van der Waals surface area contributed by atoms with E-state index in [-0.39, 0.29) is 37.5 Å². The fraction of sp³-hybridized carbons (Fsp3) is 0.727. The minimum Gasteiger partial charge on any atom is -0.462 e. The number of unbranched alkanes of at least 4 members (excludes halogenated alkanes) is 35. The summed E-state index contributed by atoms with van der Waals surface area (Å²) in [6.07, 6.45) is 97.0. The fourth-order valence-electron chi connectivity index (χ4n) is 9.95. The fourth-order valence-corrected chi connectivity index (χ4v) is 9.95. The third-order valence-electron chi connectivity index (χ3n) is 15.2. The molecule has 1 atom stereocenters. The third-order valence-corrected chi connectivity index (χ3v) is 15.2. The van der Waals surface area contributed by atoms with Gasteiger partial charge in [-0.2, -0.15) is 0 Å². The molecule has 0 aliphatic carbocycles. The van der Waals surface area contributed by atoms with Crippen molar-refractivity contribution < 1.29 is 28.6 Å². The summed E-state index contributed by atoms with van der Waals surface area (Å²) in [5.41, 5.74) is 0. The van der Waals surface area contributed by atoms with Gasteiger partial charge in [0.05, 0.1) is 0 Å². The summed E-state index contributed by atoms with van der Waals surface area (Å²) in [6.45, 7) is 6.48. The van der Waals surface area contributed by atoms with E-state index < -0.39 is 6.10 Å². The van der Waals surface area contributed by atoms with Gasteiger partial charge in [-0.05, 0) is 122 Å². The maximum atomic E-state index is 12.9. The van der Waals surface area contributed by atoms with Crippen molar-refractivity contribution in [3.05, 3.63) is 109 Å². The van der Waals surface area contributed by atoms with Crippen LogP contribution >= 0.6 is 0 Å². The molecule has 0 rings (SSSR count). The van der Waals surface area contributed by atoms with E-state index in [9.17, 15) is 14.4 Å². The van der Waals surface area contributed by atoms with E-state index in [1.165, 1.54) is 193 Å². The molecule has 0 saturated carbocycles. The first-order chi connectivity index (χ1) is 41.0. The highest BCUT2D eigenvalue weighted by Gasteiger charge is 2.19. The number of allylic oxidation sites excluding steroid dienone is 18. The van der Waals surface area contributed by atoms with E-state index >= 15 is 0 Å². The van der Waals surface area contributed by atoms with Crippen LogP contribution in [0.1, 0.15) is 342 Å². The first kappa shape index (κ1) is 79.1. The van der Waals surface area contributed by atoms with Crippen LogP contribution in [0, 0.1) is 0 Å². The Hall–Kier alpha value is -3.93. The Bertz CT molecular complexity index is 1660. The lowest BCUT2D eigenvalue weighted by Gasteiger charge is -2.18. The van der Waals surface area contributed by atoms with Crippen molar-refractivity contribution in [2.24, 2.45) is 0 Å². The SMILES string of the molecule is CC/C=C\C/C=C\C/C=C\C/C=C\C/C=C\CCCC(=O)OCC(COC(=O)CCCCCCCCCCCCCCCCCCC/C=C\CCCCCCCCCC)OC(=O)CCCCCCCC/C=C\C/C=C\C/C=C\CCCCC. The molecular weight excluding hydrogens is 1020 g/mol. The highest BCUT2D eigenvalue weighted by Crippen LogP contribution is 2.17. The molecule has 476 valence electrons. The average Bonchev–Trinajstić information content (AvgIpc) is 3.50. The summed E-state index contributed by atoms with van der Waals surface area (Å²) < 4.78 is 16.9. The van der Waals surface area contributed by atoms with Crippen LogP contribution < -0.4 is 0 Å². The Morgan fingerprint density at radius 1 is 0.253 bits per heavy atom. The van der Waals surface area contributed by atoms with Gasteiger partial charge >= 0.3 is 17.9 Å². The first-order valence-electron chi connectivity index (χ1n) is 35.4. The second-order valence-corrected chi connectivity index (χ2v) is 23.4. The van der Waals surface area contributed by atoms with Gasteiger partial charge in [0, 0.05) is 19.3 Å². The van der Waals surface area contributed by atoms with E-state index in [0.717, 1.165) is 103 Å². The molecule has 0 aromatic rings. The molecule has 0 fully saturated rings. The maximum Gasteiger partial charge on any atom is 0.306 e. The summed E-state index contributed by atoms with van der Waals surface area (Å²) in [4.78, 5) is 38.4. The van der Waals surface area contributed by atoms with E-state index in [0.29, 0.717) is 19.3 Å². The van der Waals surface area contributed by atoms with Crippen molar-refractivity contribution in [2.45, 2.75) is 348 Å². The van der Waals surface area contributed by atoms with Crippen molar-refractivity contribution >= 4 is 17.9 Å². The number of carbonyl (C=O) groups is 3. The number of ether oxygens (including phenoxy) is 3. The summed E-state index contributed by atoms with van der Waals surface area (Å²) in [7, 11) is 0. The largest absolute Gasteiger partial charge is 0.462 e. The molecule has 0 aliphatic rings. The third kappa shape index (κ3) is 68.7. The van der Waals surface area contributed by atoms with Crippen molar-refractivity contribution in [1.82, 2.24) is 0 Å². The Kier molecular flexibility index (Phi) is 67.2. The van der Waals surface area contributed by atoms with Crippen LogP contribution in [0.5, 0.6) is 0 Å². The number of carbonyl (C=O) groups excluding carboxylic acids is 3. The van der Waals surface area contributed by atoms with Gasteiger partial charge in [-0.15, -0.1) is 0 Å². The summed E-state index contributed by atoms with van der Waals surface area (Å²) in [5, 5.41) is 0. The van der Waals surface area contributed by atoms with Crippen molar-refractivity contribution in [2.75, 3.05) is 13.2 Å². The van der Waals surface area contributed by atoms with E-state index in [2.05, 4.69) is 130 Å². The zero-order valence-electron chi connectivity index (χ0n) is 54.7. The lowest BCUT2D eigenvalue weighted by atomic mass is 10.0. The normalized spacial score (nSPS) is 12.8. The molecule has 0 amide bonds. The maximum absolute atomic E-state index is 12.9. The zero-order valence-corrected chi connectivity index (χ0v) is 54.7. The quantitative estimate of drug-likeness (QED) is 0.0261. The standard InChI is InChI=1S/C77H132O6/c1-4-7-10-13-16-19-22-25-28-31-33-34-35-36-37-38-39-40-41-42-44-46-49-52-55-58-61-64-67-70-76(79)82-73-74(72-81-75(78)69-66-63-60-57-54-51-48-45-30-27-24-21-18-15-12-9-6-3)83-77(80)71-68-65-62-59-56-53-50-47-43-32-29-26-23-20-17-14-11-8-5-2/h9,12,17-18,20-21,26-27,29-31,33,43,47-48,51,57,60,74H,4-8,10-11,13-16,19,22-25,28,32,34-42,44-46,49-50,52-56,58-59,61-73H2,1-3H3/b12-9-,20-17-,21-18-,29-26-,30-27-,33-31-,47-43-,51-48-,60-57-. The van der Waals surface area contributed by atoms with Crippen LogP contribution in [0.15, 0.2) is 109 Å². The Labute approximate surface area is 514 Å². The Morgan fingerprint density at radius 2 is 0.482 bits per heavy atom. The first-order valence-corrected chi connectivity index (χ1v) is 35.4. The molecule has 83 heavy (non-hydrogen) atoms. The average molecular weight is 1150 g/mol. The van der Waals surface area contributed by atoms with Gasteiger partial charge in [-0.25, -0.2) is 0 Å². The molecule has 6 heteroatoms. The summed E-state index contributed by atoms with van der Waals surface area (Å²) in [5.74, 6) is -0.962. The predicted molar refractivity (Wildman–Crippen MR) is 362 cm³/mol. The monoisotopic (exact) mass is 1150 g/mol. The van der Waals surface area contributed by atoms with E-state index in [1.54, 1.807) is 0 Å². The van der Waals surface area contributed by atoms with Crippen LogP contribution in [0.25, 0.3) is 0 Å². The van der Waals surface area contributed by atoms with E-state index in [1.807, 2.05) is 0 Å². The Balaban J connectivity index is 4.34. The lowest BCUT2D eigenvalue weighted by molar-refractivity contribution is -0.167. The predicted octanol–water partition coefficient (Wildman–Crippen LogP) is 24.6. The van der Waals surface area contributed by atoms with Gasteiger partial charge in [0.25, 0.3) is 0 Å². The molecule has 0 heterocycles. The minimum atomic E-state index is -0.811. The van der Waals surface area contributed by atoms with Crippen LogP contribution in [-0.4, -0.2) is 37.2 Å². The van der Waals surface area contributed by atoms with Crippen LogP contribution in [-0.2, 0) is 28.6 Å². The molecular formula is C77H132O6. The summed E-state index contributed by atoms with van der Waals surface area (Å²) in [6, 6.07) is 0. The van der Waals surface area contributed by atoms with Crippen LogP contribution in [0.2, 0.25) is 0 Å². The summed E-state index contributed by atoms with van der Waals surface area (Å²) >= 11 is 0. The number of rotatable bonds is 64. The van der Waals surface area contributed by atoms with Gasteiger partial charge < -0.3 is 14.2 Å². The Morgan fingerprint density at radius 3 is 0.819 bits per heavy atom. The molecule has 0 aliphatic heterocycles.